The van der Waals surface area contributed by atoms with Gasteiger partial charge in [0.05, 0.1) is 11.4 Å². The lowest BCUT2D eigenvalue weighted by Crippen LogP contribution is -2.09. The number of anilines is 2. The second kappa shape index (κ2) is 10.9. The van der Waals surface area contributed by atoms with E-state index < -0.39 is 0 Å². The summed E-state index contributed by atoms with van der Waals surface area (Å²) < 4.78 is 0. The van der Waals surface area contributed by atoms with E-state index in [1.807, 2.05) is 43.4 Å². The van der Waals surface area contributed by atoms with Crippen molar-refractivity contribution in [3.8, 4) is 22.4 Å². The van der Waals surface area contributed by atoms with E-state index in [0.29, 0.717) is 0 Å². The standard InChI is InChI=1S/C35H30N2/c1-4-11-28(12-5-2)34-24-31(25-35(36-34)29-14-7-6-8-15-29)27-17-20-32(21-18-27)37(3)33-22-19-26-13-9-10-16-30(26)23-33/h4-25H,1H2,2-3H3/b12-5-,28-11+. The van der Waals surface area contributed by atoms with Crippen molar-refractivity contribution in [1.82, 2.24) is 4.98 Å². The van der Waals surface area contributed by atoms with E-state index in [-0.39, 0.29) is 0 Å². The molecule has 0 fully saturated rings. The van der Waals surface area contributed by atoms with E-state index in [2.05, 4.69) is 116 Å². The Hall–Kier alpha value is -4.69. The van der Waals surface area contributed by atoms with Crippen LogP contribution in [0.5, 0.6) is 0 Å². The van der Waals surface area contributed by atoms with Crippen molar-refractivity contribution in [2.45, 2.75) is 6.92 Å². The van der Waals surface area contributed by atoms with Gasteiger partial charge < -0.3 is 4.90 Å². The van der Waals surface area contributed by atoms with E-state index in [1.54, 1.807) is 0 Å². The summed E-state index contributed by atoms with van der Waals surface area (Å²) in [5, 5.41) is 2.49. The molecule has 37 heavy (non-hydrogen) atoms. The van der Waals surface area contributed by atoms with Crippen LogP contribution in [0.2, 0.25) is 0 Å². The lowest BCUT2D eigenvalue weighted by Gasteiger charge is -2.20. The average molecular weight is 479 g/mol. The zero-order valence-electron chi connectivity index (χ0n) is 21.3. The van der Waals surface area contributed by atoms with Crippen molar-refractivity contribution >= 4 is 27.7 Å². The summed E-state index contributed by atoms with van der Waals surface area (Å²) in [6, 6.07) is 38.4. The number of hydrogen-bond donors (Lipinski definition) is 0. The number of benzene rings is 4. The molecule has 5 rings (SSSR count). The van der Waals surface area contributed by atoms with Crippen LogP contribution in [0.3, 0.4) is 0 Å². The van der Waals surface area contributed by atoms with Crippen LogP contribution in [0.15, 0.2) is 140 Å². The monoisotopic (exact) mass is 478 g/mol. The predicted molar refractivity (Wildman–Crippen MR) is 160 cm³/mol. The molecule has 0 aliphatic carbocycles. The average Bonchev–Trinajstić information content (AvgIpc) is 2.96. The minimum absolute atomic E-state index is 0.923. The number of rotatable bonds is 7. The Labute approximate surface area is 219 Å². The lowest BCUT2D eigenvalue weighted by atomic mass is 9.99. The zero-order chi connectivity index (χ0) is 25.6. The summed E-state index contributed by atoms with van der Waals surface area (Å²) in [6.07, 6.45) is 7.92. The highest BCUT2D eigenvalue weighted by Crippen LogP contribution is 2.32. The van der Waals surface area contributed by atoms with Crippen molar-refractivity contribution in [1.29, 1.82) is 0 Å². The molecule has 0 aliphatic rings. The number of hydrogen-bond acceptors (Lipinski definition) is 2. The molecule has 2 nitrogen and oxygen atoms in total. The summed E-state index contributed by atoms with van der Waals surface area (Å²) in [4.78, 5) is 7.22. The number of allylic oxidation sites excluding steroid dienone is 5. The number of fused-ring (bicyclic) bond motifs is 1. The molecule has 180 valence electrons. The topological polar surface area (TPSA) is 16.1 Å². The van der Waals surface area contributed by atoms with Gasteiger partial charge in [0, 0.05) is 24.0 Å². The quantitative estimate of drug-likeness (QED) is 0.217. The SMILES string of the molecule is C=C/C=C(\C=C/C)c1cc(-c2ccc(N(C)c3ccc4ccccc4c3)cc2)cc(-c2ccccc2)n1. The van der Waals surface area contributed by atoms with Crippen LogP contribution in [0, 0.1) is 0 Å². The van der Waals surface area contributed by atoms with Crippen LogP contribution in [0.25, 0.3) is 38.7 Å². The summed E-state index contributed by atoms with van der Waals surface area (Å²) in [5.74, 6) is 0. The van der Waals surface area contributed by atoms with Crippen molar-refractivity contribution in [2.24, 2.45) is 0 Å². The van der Waals surface area contributed by atoms with Crippen molar-refractivity contribution in [3.05, 3.63) is 146 Å². The Morgan fingerprint density at radius 3 is 2.14 bits per heavy atom. The molecular formula is C35H30N2. The first-order valence-electron chi connectivity index (χ1n) is 12.5. The van der Waals surface area contributed by atoms with Gasteiger partial charge in [-0.3, -0.25) is 0 Å². The highest BCUT2D eigenvalue weighted by Gasteiger charge is 2.11. The highest BCUT2D eigenvalue weighted by molar-refractivity contribution is 5.87. The predicted octanol–water partition coefficient (Wildman–Crippen LogP) is 9.48. The molecule has 5 aromatic rings. The Kier molecular flexibility index (Phi) is 7.09. The maximum Gasteiger partial charge on any atom is 0.0715 e. The van der Waals surface area contributed by atoms with Gasteiger partial charge in [-0.15, -0.1) is 0 Å². The third kappa shape index (κ3) is 5.29. The molecule has 0 saturated heterocycles. The fourth-order valence-electron chi connectivity index (χ4n) is 4.55. The van der Waals surface area contributed by atoms with Crippen LogP contribution in [-0.4, -0.2) is 12.0 Å². The molecule has 0 N–H and O–H groups in total. The van der Waals surface area contributed by atoms with Gasteiger partial charge in [0.25, 0.3) is 0 Å². The first-order chi connectivity index (χ1) is 18.2. The molecular weight excluding hydrogens is 448 g/mol. The van der Waals surface area contributed by atoms with Crippen LogP contribution >= 0.6 is 0 Å². The maximum atomic E-state index is 5.00. The summed E-state index contributed by atoms with van der Waals surface area (Å²) in [7, 11) is 2.11. The highest BCUT2D eigenvalue weighted by atomic mass is 15.1. The third-order valence-electron chi connectivity index (χ3n) is 6.54. The Balaban J connectivity index is 1.53. The fourth-order valence-corrected chi connectivity index (χ4v) is 4.55. The largest absolute Gasteiger partial charge is 0.345 e. The maximum absolute atomic E-state index is 5.00. The molecule has 0 amide bonds. The van der Waals surface area contributed by atoms with Gasteiger partial charge in [-0.05, 0) is 70.8 Å². The molecule has 1 heterocycles. The second-order valence-corrected chi connectivity index (χ2v) is 8.99. The van der Waals surface area contributed by atoms with E-state index >= 15 is 0 Å². The van der Waals surface area contributed by atoms with Crippen molar-refractivity contribution < 1.29 is 0 Å². The molecule has 4 aromatic carbocycles. The van der Waals surface area contributed by atoms with Gasteiger partial charge in [-0.2, -0.15) is 0 Å². The molecule has 0 unspecified atom stereocenters. The van der Waals surface area contributed by atoms with Gasteiger partial charge in [0.15, 0.2) is 0 Å². The molecule has 0 bridgehead atoms. The number of aromatic nitrogens is 1. The normalized spacial score (nSPS) is 11.7. The Bertz CT molecular complexity index is 1590. The minimum atomic E-state index is 0.923. The summed E-state index contributed by atoms with van der Waals surface area (Å²) in [5.41, 5.74) is 8.57. The number of pyridine rings is 1. The first kappa shape index (κ1) is 24.0. The Morgan fingerprint density at radius 2 is 1.41 bits per heavy atom. The van der Waals surface area contributed by atoms with Crippen LogP contribution < -0.4 is 4.90 Å². The molecule has 2 heteroatoms. The van der Waals surface area contributed by atoms with E-state index in [9.17, 15) is 0 Å². The van der Waals surface area contributed by atoms with E-state index in [4.69, 9.17) is 4.98 Å². The smallest absolute Gasteiger partial charge is 0.0715 e. The summed E-state index contributed by atoms with van der Waals surface area (Å²) in [6.45, 7) is 5.91. The molecule has 0 spiro atoms. The molecule has 1 aromatic heterocycles. The molecule has 0 aliphatic heterocycles. The summed E-state index contributed by atoms with van der Waals surface area (Å²) >= 11 is 0. The van der Waals surface area contributed by atoms with Crippen molar-refractivity contribution in [2.75, 3.05) is 11.9 Å². The Morgan fingerprint density at radius 1 is 0.703 bits per heavy atom. The molecule has 0 saturated carbocycles. The van der Waals surface area contributed by atoms with Gasteiger partial charge in [-0.1, -0.05) is 104 Å². The lowest BCUT2D eigenvalue weighted by molar-refractivity contribution is 1.21. The van der Waals surface area contributed by atoms with Gasteiger partial charge in [-0.25, -0.2) is 4.98 Å². The van der Waals surface area contributed by atoms with Gasteiger partial charge in [0.2, 0.25) is 0 Å². The second-order valence-electron chi connectivity index (χ2n) is 8.99. The van der Waals surface area contributed by atoms with Crippen LogP contribution in [0.1, 0.15) is 12.6 Å². The van der Waals surface area contributed by atoms with Crippen molar-refractivity contribution in [3.63, 3.8) is 0 Å². The zero-order valence-corrected chi connectivity index (χ0v) is 21.3. The third-order valence-corrected chi connectivity index (χ3v) is 6.54. The van der Waals surface area contributed by atoms with E-state index in [1.165, 1.54) is 10.8 Å². The minimum Gasteiger partial charge on any atom is -0.345 e. The fraction of sp³-hybridized carbons (Fsp3) is 0.0571. The molecule has 0 radical (unpaired) electrons. The molecule has 0 atom stereocenters. The first-order valence-corrected chi connectivity index (χ1v) is 12.5. The van der Waals surface area contributed by atoms with Crippen LogP contribution in [0.4, 0.5) is 11.4 Å². The van der Waals surface area contributed by atoms with Gasteiger partial charge >= 0.3 is 0 Å². The van der Waals surface area contributed by atoms with E-state index in [0.717, 1.165) is 45.0 Å². The van der Waals surface area contributed by atoms with Crippen LogP contribution in [-0.2, 0) is 0 Å². The number of nitrogens with zero attached hydrogens (tertiary/aromatic N) is 2. The van der Waals surface area contributed by atoms with Gasteiger partial charge in [0.1, 0.15) is 0 Å².